The van der Waals surface area contributed by atoms with Crippen LogP contribution in [0, 0.1) is 11.8 Å². The number of aliphatic carboxylic acids is 1. The molecule has 0 saturated carbocycles. The van der Waals surface area contributed by atoms with E-state index in [9.17, 15) is 14.7 Å². The lowest BCUT2D eigenvalue weighted by Gasteiger charge is -2.23. The monoisotopic (exact) mass is 289 g/mol. The highest BCUT2D eigenvalue weighted by Gasteiger charge is 2.55. The molecule has 1 aromatic carbocycles. The number of hydrogen-bond acceptors (Lipinski definition) is 3. The van der Waals surface area contributed by atoms with Gasteiger partial charge in [0.05, 0.1) is 24.0 Å². The van der Waals surface area contributed by atoms with E-state index in [1.165, 1.54) is 0 Å². The number of ether oxygens (including phenoxy) is 1. The van der Waals surface area contributed by atoms with Crippen molar-refractivity contribution < 1.29 is 19.4 Å². The number of carboxylic acid groups (broad SMARTS) is 1. The summed E-state index contributed by atoms with van der Waals surface area (Å²) in [6, 6.07) is 9.88. The summed E-state index contributed by atoms with van der Waals surface area (Å²) in [5, 5.41) is 12.2. The van der Waals surface area contributed by atoms with Crippen LogP contribution in [0.1, 0.15) is 18.4 Å². The largest absolute Gasteiger partial charge is 0.481 e. The van der Waals surface area contributed by atoms with Gasteiger partial charge in [0.25, 0.3) is 0 Å². The summed E-state index contributed by atoms with van der Waals surface area (Å²) in [7, 11) is 0. The van der Waals surface area contributed by atoms with Gasteiger partial charge in [0.15, 0.2) is 0 Å². The average Bonchev–Trinajstić information content (AvgIpc) is 3.08. The van der Waals surface area contributed by atoms with Crippen molar-refractivity contribution in [1.29, 1.82) is 0 Å². The van der Waals surface area contributed by atoms with Gasteiger partial charge in [-0.2, -0.15) is 0 Å². The number of hydrogen-bond donors (Lipinski definition) is 2. The zero-order chi connectivity index (χ0) is 14.8. The van der Waals surface area contributed by atoms with E-state index < -0.39 is 17.8 Å². The molecule has 2 N–H and O–H groups in total. The Morgan fingerprint density at radius 2 is 1.81 bits per heavy atom. The smallest absolute Gasteiger partial charge is 0.310 e. The number of carbonyl (C=O) groups is 2. The molecule has 1 amide bonds. The Morgan fingerprint density at radius 1 is 1.14 bits per heavy atom. The molecular formula is C16H19NO4. The minimum absolute atomic E-state index is 0.189. The van der Waals surface area contributed by atoms with E-state index in [1.54, 1.807) is 0 Å². The van der Waals surface area contributed by atoms with Crippen LogP contribution in [0.4, 0.5) is 0 Å². The second kappa shape index (κ2) is 5.85. The molecule has 2 heterocycles. The summed E-state index contributed by atoms with van der Waals surface area (Å²) in [6.45, 7) is 0.517. The van der Waals surface area contributed by atoms with Crippen molar-refractivity contribution >= 4 is 11.9 Å². The van der Waals surface area contributed by atoms with Gasteiger partial charge in [-0.1, -0.05) is 30.3 Å². The lowest BCUT2D eigenvalue weighted by atomic mass is 9.78. The summed E-state index contributed by atoms with van der Waals surface area (Å²) < 4.78 is 5.60. The molecule has 2 aliphatic heterocycles. The van der Waals surface area contributed by atoms with E-state index in [1.807, 2.05) is 30.3 Å². The summed E-state index contributed by atoms with van der Waals surface area (Å²) >= 11 is 0. The lowest BCUT2D eigenvalue weighted by molar-refractivity contribution is -0.147. The van der Waals surface area contributed by atoms with Gasteiger partial charge >= 0.3 is 5.97 Å². The van der Waals surface area contributed by atoms with Crippen molar-refractivity contribution in [3.63, 3.8) is 0 Å². The molecule has 5 nitrogen and oxygen atoms in total. The van der Waals surface area contributed by atoms with E-state index in [2.05, 4.69) is 5.32 Å². The Morgan fingerprint density at radius 3 is 2.48 bits per heavy atom. The fourth-order valence-corrected chi connectivity index (χ4v) is 3.42. The predicted molar refractivity (Wildman–Crippen MR) is 75.7 cm³/mol. The zero-order valence-electron chi connectivity index (χ0n) is 11.7. The summed E-state index contributed by atoms with van der Waals surface area (Å²) in [5.74, 6) is -2.35. The van der Waals surface area contributed by atoms with Gasteiger partial charge in [-0.25, -0.2) is 0 Å². The standard InChI is InChI=1S/C16H19NO4/c18-15(17-9-8-10-4-2-1-3-5-10)13-11-6-7-12(21-11)14(13)16(19)20/h1-5,11-14H,6-9H2,(H,17,18)(H,19,20)/t11-,12+,13+,14-/m1/s1. The van der Waals surface area contributed by atoms with Crippen molar-refractivity contribution in [3.05, 3.63) is 35.9 Å². The van der Waals surface area contributed by atoms with Gasteiger partial charge in [-0.15, -0.1) is 0 Å². The molecular weight excluding hydrogens is 270 g/mol. The van der Waals surface area contributed by atoms with Gasteiger partial charge in [-0.05, 0) is 24.8 Å². The number of amides is 1. The number of carboxylic acids is 1. The number of rotatable bonds is 5. The third-order valence-electron chi connectivity index (χ3n) is 4.42. The Bertz CT molecular complexity index is 530. The Balaban J connectivity index is 1.56. The first kappa shape index (κ1) is 14.1. The quantitative estimate of drug-likeness (QED) is 0.854. The molecule has 112 valence electrons. The molecule has 2 fully saturated rings. The fourth-order valence-electron chi connectivity index (χ4n) is 3.42. The van der Waals surface area contributed by atoms with E-state index >= 15 is 0 Å². The van der Waals surface area contributed by atoms with Gasteiger partial charge < -0.3 is 15.2 Å². The van der Waals surface area contributed by atoms with Crippen molar-refractivity contribution in [1.82, 2.24) is 5.32 Å². The van der Waals surface area contributed by atoms with Crippen molar-refractivity contribution in [2.24, 2.45) is 11.8 Å². The number of carbonyl (C=O) groups excluding carboxylic acids is 1. The Kier molecular flexibility index (Phi) is 3.92. The molecule has 2 saturated heterocycles. The Labute approximate surface area is 123 Å². The molecule has 0 unspecified atom stereocenters. The third kappa shape index (κ3) is 2.78. The van der Waals surface area contributed by atoms with Crippen molar-refractivity contribution in [3.8, 4) is 0 Å². The predicted octanol–water partition coefficient (Wildman–Crippen LogP) is 1.22. The number of fused-ring (bicyclic) bond motifs is 2. The Hall–Kier alpha value is -1.88. The molecule has 2 bridgehead atoms. The van der Waals surface area contributed by atoms with Crippen LogP contribution in [-0.4, -0.2) is 35.7 Å². The maximum absolute atomic E-state index is 12.3. The molecule has 3 rings (SSSR count). The fraction of sp³-hybridized carbons (Fsp3) is 0.500. The van der Waals surface area contributed by atoms with Crippen LogP contribution in [0.5, 0.6) is 0 Å². The van der Waals surface area contributed by atoms with Gasteiger partial charge in [-0.3, -0.25) is 9.59 Å². The molecule has 0 aromatic heterocycles. The van der Waals surface area contributed by atoms with Crippen LogP contribution >= 0.6 is 0 Å². The first-order valence-electron chi connectivity index (χ1n) is 7.36. The maximum Gasteiger partial charge on any atom is 0.310 e. The van der Waals surface area contributed by atoms with Crippen LogP contribution in [0.2, 0.25) is 0 Å². The minimum atomic E-state index is -0.926. The van der Waals surface area contributed by atoms with Crippen LogP contribution in [0.25, 0.3) is 0 Å². The zero-order valence-corrected chi connectivity index (χ0v) is 11.7. The second-order valence-corrected chi connectivity index (χ2v) is 5.71. The van der Waals surface area contributed by atoms with Crippen LogP contribution < -0.4 is 5.32 Å². The van der Waals surface area contributed by atoms with E-state index in [0.29, 0.717) is 6.54 Å². The summed E-state index contributed by atoms with van der Waals surface area (Å²) in [6.07, 6.45) is 1.75. The number of nitrogens with one attached hydrogen (secondary N) is 1. The lowest BCUT2D eigenvalue weighted by Crippen LogP contribution is -2.44. The molecule has 0 aliphatic carbocycles. The molecule has 2 aliphatic rings. The SMILES string of the molecule is O=C(NCCc1ccccc1)[C@@H]1[C@H](C(=O)O)[C@@H]2CC[C@H]1O2. The summed E-state index contributed by atoms with van der Waals surface area (Å²) in [5.41, 5.74) is 1.15. The second-order valence-electron chi connectivity index (χ2n) is 5.71. The molecule has 5 heteroatoms. The molecule has 4 atom stereocenters. The van der Waals surface area contributed by atoms with Crippen LogP contribution in [0.3, 0.4) is 0 Å². The highest BCUT2D eigenvalue weighted by atomic mass is 16.5. The van der Waals surface area contributed by atoms with E-state index in [0.717, 1.165) is 24.8 Å². The van der Waals surface area contributed by atoms with Gasteiger partial charge in [0.2, 0.25) is 5.91 Å². The van der Waals surface area contributed by atoms with E-state index in [4.69, 9.17) is 4.74 Å². The van der Waals surface area contributed by atoms with E-state index in [-0.39, 0.29) is 18.1 Å². The third-order valence-corrected chi connectivity index (χ3v) is 4.42. The normalized spacial score (nSPS) is 30.3. The topological polar surface area (TPSA) is 75.6 Å². The van der Waals surface area contributed by atoms with Gasteiger partial charge in [0, 0.05) is 6.54 Å². The van der Waals surface area contributed by atoms with Gasteiger partial charge in [0.1, 0.15) is 0 Å². The first-order valence-corrected chi connectivity index (χ1v) is 7.36. The van der Waals surface area contributed by atoms with Crippen molar-refractivity contribution in [2.75, 3.05) is 6.54 Å². The van der Waals surface area contributed by atoms with Crippen LogP contribution in [0.15, 0.2) is 30.3 Å². The molecule has 0 radical (unpaired) electrons. The highest BCUT2D eigenvalue weighted by molar-refractivity contribution is 5.86. The molecule has 21 heavy (non-hydrogen) atoms. The van der Waals surface area contributed by atoms with Crippen molar-refractivity contribution in [2.45, 2.75) is 31.5 Å². The average molecular weight is 289 g/mol. The molecule has 1 aromatic rings. The minimum Gasteiger partial charge on any atom is -0.481 e. The first-order chi connectivity index (χ1) is 10.2. The maximum atomic E-state index is 12.3. The summed E-state index contributed by atoms with van der Waals surface area (Å²) in [4.78, 5) is 23.6. The van der Waals surface area contributed by atoms with Crippen LogP contribution in [-0.2, 0) is 20.7 Å². The number of benzene rings is 1. The molecule has 0 spiro atoms. The highest BCUT2D eigenvalue weighted by Crippen LogP contribution is 2.43.